The van der Waals surface area contributed by atoms with Crippen molar-refractivity contribution in [1.29, 1.82) is 5.41 Å². The molecule has 0 atom stereocenters. The maximum atomic E-state index is 12.4. The molecular weight excluding hydrogens is 492 g/mol. The number of fused-ring (bicyclic) bond motifs is 1. The predicted octanol–water partition coefficient (Wildman–Crippen LogP) is 3.89. The van der Waals surface area contributed by atoms with E-state index in [2.05, 4.69) is 33.2 Å². The van der Waals surface area contributed by atoms with Crippen LogP contribution < -0.4 is 27.7 Å². The van der Waals surface area contributed by atoms with E-state index in [1.165, 1.54) is 10.9 Å². The van der Waals surface area contributed by atoms with Gasteiger partial charge in [0.2, 0.25) is 0 Å². The van der Waals surface area contributed by atoms with Gasteiger partial charge in [-0.2, -0.15) is 0 Å². The number of nitrogens with one attached hydrogen (secondary N) is 1. The number of unbranched alkanes of at least 4 members (excludes halogenated alkanes) is 2. The van der Waals surface area contributed by atoms with Crippen LogP contribution in [0.4, 0.5) is 11.6 Å². The van der Waals surface area contributed by atoms with E-state index < -0.39 is 0 Å². The smallest absolute Gasteiger partial charge is 0.190 e. The van der Waals surface area contributed by atoms with Crippen LogP contribution in [0.1, 0.15) is 54.6 Å². The normalized spacial score (nSPS) is 10.8. The molecule has 0 spiro atoms. The number of hydrogen-bond acceptors (Lipinski definition) is 8. The van der Waals surface area contributed by atoms with E-state index in [0.29, 0.717) is 25.3 Å². The standard InChI is InChI=1S/C26H33ClN8O2/c27-23-25(30)35-24(29)22(34-23)20(36)15-17(28)8-3-1-2-7-16-11-12-21(19-10-5-4-9-18(16)19)37-14-6-13-33-26(31)32/h4-5,9-12,28H,1-3,6-8,13-15H2,(H4,29,30,35)(H4,31,32,33). The van der Waals surface area contributed by atoms with E-state index in [1.807, 2.05) is 18.2 Å². The monoisotopic (exact) mass is 524 g/mol. The number of aromatic nitrogens is 2. The van der Waals surface area contributed by atoms with Crippen molar-refractivity contribution in [2.24, 2.45) is 16.5 Å². The van der Waals surface area contributed by atoms with Crippen LogP contribution in [0.15, 0.2) is 41.4 Å². The van der Waals surface area contributed by atoms with Crippen LogP contribution in [-0.4, -0.2) is 40.6 Å². The minimum atomic E-state index is -0.387. The third-order valence-electron chi connectivity index (χ3n) is 5.80. The number of carbonyl (C=O) groups is 1. The van der Waals surface area contributed by atoms with Gasteiger partial charge in [0.05, 0.1) is 13.0 Å². The van der Waals surface area contributed by atoms with E-state index in [0.717, 1.165) is 43.2 Å². The van der Waals surface area contributed by atoms with Gasteiger partial charge < -0.3 is 33.1 Å². The Balaban J connectivity index is 1.46. The minimum Gasteiger partial charge on any atom is -0.493 e. The maximum absolute atomic E-state index is 12.4. The van der Waals surface area contributed by atoms with Gasteiger partial charge >= 0.3 is 0 Å². The van der Waals surface area contributed by atoms with Gasteiger partial charge in [-0.05, 0) is 42.7 Å². The molecule has 2 aromatic carbocycles. The summed E-state index contributed by atoms with van der Waals surface area (Å²) in [5.41, 5.74) is 23.5. The summed E-state index contributed by atoms with van der Waals surface area (Å²) in [5.74, 6) is 0.440. The lowest BCUT2D eigenvalue weighted by molar-refractivity contribution is 0.0996. The molecule has 0 unspecified atom stereocenters. The molecule has 0 aliphatic carbocycles. The molecule has 11 heteroatoms. The molecule has 196 valence electrons. The number of rotatable bonds is 14. The molecule has 0 saturated carbocycles. The van der Waals surface area contributed by atoms with Crippen LogP contribution in [-0.2, 0) is 6.42 Å². The second kappa shape index (κ2) is 13.4. The Hall–Kier alpha value is -3.92. The number of nitrogens with two attached hydrogens (primary N) is 4. The molecular formula is C26H33ClN8O2. The van der Waals surface area contributed by atoms with E-state index in [9.17, 15) is 4.79 Å². The van der Waals surface area contributed by atoms with Gasteiger partial charge in [-0.1, -0.05) is 48.4 Å². The van der Waals surface area contributed by atoms with Gasteiger partial charge in [-0.3, -0.25) is 9.79 Å². The quantitative estimate of drug-likeness (QED) is 0.0906. The average molecular weight is 525 g/mol. The highest BCUT2D eigenvalue weighted by Crippen LogP contribution is 2.30. The number of benzene rings is 2. The first-order valence-corrected chi connectivity index (χ1v) is 12.5. The van der Waals surface area contributed by atoms with Crippen molar-refractivity contribution in [3.05, 3.63) is 52.8 Å². The number of Topliss-reactive ketones (excluding diaryl/α,β-unsaturated/α-hetero) is 1. The third-order valence-corrected chi connectivity index (χ3v) is 6.07. The number of hydrogen-bond donors (Lipinski definition) is 5. The molecule has 3 aromatic rings. The van der Waals surface area contributed by atoms with Crippen molar-refractivity contribution in [3.63, 3.8) is 0 Å². The summed E-state index contributed by atoms with van der Waals surface area (Å²) in [6.45, 7) is 1.06. The fourth-order valence-corrected chi connectivity index (χ4v) is 4.10. The van der Waals surface area contributed by atoms with Crippen molar-refractivity contribution >= 4 is 51.5 Å². The number of ketones is 1. The third kappa shape index (κ3) is 8.04. The van der Waals surface area contributed by atoms with E-state index in [-0.39, 0.29) is 40.6 Å². The number of ether oxygens (including phenoxy) is 1. The zero-order chi connectivity index (χ0) is 26.8. The topological polar surface area (TPSA) is 192 Å². The zero-order valence-electron chi connectivity index (χ0n) is 20.7. The molecule has 0 radical (unpaired) electrons. The van der Waals surface area contributed by atoms with Gasteiger partial charge in [0.25, 0.3) is 0 Å². The van der Waals surface area contributed by atoms with Crippen LogP contribution in [0.2, 0.25) is 5.15 Å². The summed E-state index contributed by atoms with van der Waals surface area (Å²) in [6, 6.07) is 12.3. The molecule has 0 saturated heterocycles. The van der Waals surface area contributed by atoms with Crippen LogP contribution in [0.25, 0.3) is 10.8 Å². The SMILES string of the molecule is N=C(CCCCCc1ccc(OCCCN=C(N)N)c2ccccc12)CC(=O)c1nc(Cl)c(N)nc1N. The van der Waals surface area contributed by atoms with Gasteiger partial charge in [-0.15, -0.1) is 0 Å². The number of nitrogen functional groups attached to an aromatic ring is 2. The predicted molar refractivity (Wildman–Crippen MR) is 149 cm³/mol. The van der Waals surface area contributed by atoms with Crippen LogP contribution >= 0.6 is 11.6 Å². The van der Waals surface area contributed by atoms with Gasteiger partial charge in [0.15, 0.2) is 34.2 Å². The number of guanidine groups is 1. The number of aliphatic imine (C=N–C) groups is 1. The molecule has 0 fully saturated rings. The first-order valence-electron chi connectivity index (χ1n) is 12.1. The van der Waals surface area contributed by atoms with Crippen LogP contribution in [0, 0.1) is 5.41 Å². The van der Waals surface area contributed by atoms with Crippen molar-refractivity contribution < 1.29 is 9.53 Å². The summed E-state index contributed by atoms with van der Waals surface area (Å²) in [4.78, 5) is 24.1. The number of carbonyl (C=O) groups excluding carboxylic acids is 1. The lowest BCUT2D eigenvalue weighted by Gasteiger charge is -2.12. The summed E-state index contributed by atoms with van der Waals surface area (Å²) >= 11 is 5.84. The fourth-order valence-electron chi connectivity index (χ4n) is 3.98. The molecule has 3 rings (SSSR count). The van der Waals surface area contributed by atoms with Gasteiger partial charge in [0.1, 0.15) is 5.75 Å². The zero-order valence-corrected chi connectivity index (χ0v) is 21.4. The van der Waals surface area contributed by atoms with E-state index in [1.54, 1.807) is 0 Å². The molecule has 0 aliphatic rings. The molecule has 0 aliphatic heterocycles. The van der Waals surface area contributed by atoms with Crippen molar-refractivity contribution in [1.82, 2.24) is 9.97 Å². The molecule has 0 amide bonds. The first-order chi connectivity index (χ1) is 17.8. The molecule has 37 heavy (non-hydrogen) atoms. The Labute approximate surface area is 221 Å². The Morgan fingerprint density at radius 2 is 1.73 bits per heavy atom. The highest BCUT2D eigenvalue weighted by Gasteiger charge is 2.17. The molecule has 1 heterocycles. The van der Waals surface area contributed by atoms with Gasteiger partial charge in [-0.25, -0.2) is 9.97 Å². The lowest BCUT2D eigenvalue weighted by Crippen LogP contribution is -2.23. The van der Waals surface area contributed by atoms with E-state index >= 15 is 0 Å². The number of anilines is 2. The highest BCUT2D eigenvalue weighted by atomic mass is 35.5. The average Bonchev–Trinajstić information content (AvgIpc) is 2.86. The highest BCUT2D eigenvalue weighted by molar-refractivity contribution is 6.31. The van der Waals surface area contributed by atoms with Crippen molar-refractivity contribution in [3.8, 4) is 5.75 Å². The first kappa shape index (κ1) is 27.7. The summed E-state index contributed by atoms with van der Waals surface area (Å²) < 4.78 is 5.98. The molecule has 0 bridgehead atoms. The lowest BCUT2D eigenvalue weighted by atomic mass is 9.98. The van der Waals surface area contributed by atoms with Crippen LogP contribution in [0.3, 0.4) is 0 Å². The number of nitrogens with zero attached hydrogens (tertiary/aromatic N) is 3. The Kier molecular flexibility index (Phi) is 10.0. The summed E-state index contributed by atoms with van der Waals surface area (Å²) in [5, 5.41) is 10.3. The summed E-state index contributed by atoms with van der Waals surface area (Å²) in [6.07, 6.45) is 4.80. The fraction of sp³-hybridized carbons (Fsp3) is 0.346. The largest absolute Gasteiger partial charge is 0.493 e. The Bertz CT molecular complexity index is 1290. The summed E-state index contributed by atoms with van der Waals surface area (Å²) in [7, 11) is 0. The molecule has 9 N–H and O–H groups in total. The number of aryl methyl sites for hydroxylation is 1. The maximum Gasteiger partial charge on any atom is 0.190 e. The van der Waals surface area contributed by atoms with Gasteiger partial charge in [0, 0.05) is 24.1 Å². The van der Waals surface area contributed by atoms with Crippen molar-refractivity contribution in [2.75, 3.05) is 24.6 Å². The molecule has 1 aromatic heterocycles. The Morgan fingerprint density at radius 1 is 0.973 bits per heavy atom. The second-order valence-corrected chi connectivity index (χ2v) is 9.03. The second-order valence-electron chi connectivity index (χ2n) is 8.67. The van der Waals surface area contributed by atoms with Crippen molar-refractivity contribution in [2.45, 2.75) is 44.9 Å². The minimum absolute atomic E-state index is 0.0275. The number of halogens is 1. The Morgan fingerprint density at radius 3 is 2.49 bits per heavy atom. The van der Waals surface area contributed by atoms with Crippen LogP contribution in [0.5, 0.6) is 5.75 Å². The molecule has 10 nitrogen and oxygen atoms in total. The van der Waals surface area contributed by atoms with E-state index in [4.69, 9.17) is 44.7 Å².